The highest BCUT2D eigenvalue weighted by Crippen LogP contribution is 2.35. The minimum absolute atomic E-state index is 0.403. The Bertz CT molecular complexity index is 369. The summed E-state index contributed by atoms with van der Waals surface area (Å²) in [4.78, 5) is 11.5. The molecule has 9 heteroatoms. The lowest BCUT2D eigenvalue weighted by atomic mass is 10.1. The van der Waals surface area contributed by atoms with Gasteiger partial charge in [0, 0.05) is 0 Å². The second kappa shape index (κ2) is 6.67. The lowest BCUT2D eigenvalue weighted by molar-refractivity contribution is -0.320. The van der Waals surface area contributed by atoms with Gasteiger partial charge in [0.1, 0.15) is 5.60 Å². The highest BCUT2D eigenvalue weighted by atomic mass is 19.4. The van der Waals surface area contributed by atoms with Gasteiger partial charge in [0.25, 0.3) is 0 Å². The molecule has 0 aliphatic rings. The summed E-state index contributed by atoms with van der Waals surface area (Å²) in [6.07, 6.45) is -14.8. The molecule has 3 nitrogen and oxygen atoms in total. The average molecular weight is 322 g/mol. The molecule has 124 valence electrons. The van der Waals surface area contributed by atoms with Crippen molar-refractivity contribution < 1.29 is 40.6 Å². The highest BCUT2D eigenvalue weighted by Gasteiger charge is 2.58. The minimum atomic E-state index is -5.63. The van der Waals surface area contributed by atoms with Gasteiger partial charge in [-0.3, -0.25) is 0 Å². The molecule has 0 rings (SSSR count). The lowest BCUT2D eigenvalue weighted by Gasteiger charge is -2.25. The topological polar surface area (TPSA) is 35.5 Å². The Morgan fingerprint density at radius 1 is 1.10 bits per heavy atom. The standard InChI is InChI=1S/C12H16F6O3/c1-5-10(3,4)21-8(19)7(2)6-20-9(11(13,14)15)12(16,17)18/h9H,2,5-6H2,1,3-4H3. The van der Waals surface area contributed by atoms with Crippen molar-refractivity contribution in [1.82, 2.24) is 0 Å². The third-order valence-electron chi connectivity index (χ3n) is 2.53. The summed E-state index contributed by atoms with van der Waals surface area (Å²) in [5.41, 5.74) is -1.54. The molecule has 0 heterocycles. The summed E-state index contributed by atoms with van der Waals surface area (Å²) in [5, 5.41) is 0. The van der Waals surface area contributed by atoms with Crippen molar-refractivity contribution in [2.24, 2.45) is 0 Å². The van der Waals surface area contributed by atoms with E-state index in [1.54, 1.807) is 6.92 Å². The SMILES string of the molecule is C=C(COC(C(F)(F)F)C(F)(F)F)C(=O)OC(C)(C)CC. The van der Waals surface area contributed by atoms with Crippen LogP contribution in [0.25, 0.3) is 0 Å². The Labute approximate surface area is 117 Å². The van der Waals surface area contributed by atoms with Crippen LogP contribution in [0.3, 0.4) is 0 Å². The zero-order valence-corrected chi connectivity index (χ0v) is 11.7. The van der Waals surface area contributed by atoms with E-state index in [0.29, 0.717) is 6.42 Å². The van der Waals surface area contributed by atoms with Crippen molar-refractivity contribution in [2.45, 2.75) is 51.2 Å². The van der Waals surface area contributed by atoms with Gasteiger partial charge in [-0.15, -0.1) is 0 Å². The molecule has 0 bridgehead atoms. The fraction of sp³-hybridized carbons (Fsp3) is 0.750. The Hall–Kier alpha value is -1.25. The molecule has 0 spiro atoms. The number of hydrogen-bond acceptors (Lipinski definition) is 3. The number of carbonyl (C=O) groups excluding carboxylic acids is 1. The van der Waals surface area contributed by atoms with Crippen LogP contribution in [0, 0.1) is 0 Å². The van der Waals surface area contributed by atoms with E-state index < -0.39 is 42.2 Å². The summed E-state index contributed by atoms with van der Waals surface area (Å²) in [7, 11) is 0. The third-order valence-corrected chi connectivity index (χ3v) is 2.53. The Morgan fingerprint density at radius 2 is 1.52 bits per heavy atom. The minimum Gasteiger partial charge on any atom is -0.456 e. The zero-order valence-electron chi connectivity index (χ0n) is 11.7. The summed E-state index contributed by atoms with van der Waals surface area (Å²) < 4.78 is 81.8. The molecule has 0 aromatic carbocycles. The molecule has 0 aromatic rings. The smallest absolute Gasteiger partial charge is 0.423 e. The zero-order chi connectivity index (χ0) is 17.1. The van der Waals surface area contributed by atoms with E-state index in [1.807, 2.05) is 0 Å². The van der Waals surface area contributed by atoms with Crippen molar-refractivity contribution in [3.63, 3.8) is 0 Å². The summed E-state index contributed by atoms with van der Waals surface area (Å²) in [5.74, 6) is -1.11. The van der Waals surface area contributed by atoms with E-state index in [-0.39, 0.29) is 0 Å². The van der Waals surface area contributed by atoms with E-state index in [1.165, 1.54) is 13.8 Å². The van der Waals surface area contributed by atoms with E-state index in [4.69, 9.17) is 4.74 Å². The largest absolute Gasteiger partial charge is 0.456 e. The van der Waals surface area contributed by atoms with Crippen LogP contribution in [0.1, 0.15) is 27.2 Å². The number of alkyl halides is 6. The second-order valence-corrected chi connectivity index (χ2v) is 4.88. The van der Waals surface area contributed by atoms with Gasteiger partial charge in [-0.1, -0.05) is 13.5 Å². The molecular formula is C12H16F6O3. The van der Waals surface area contributed by atoms with Crippen molar-refractivity contribution >= 4 is 5.97 Å². The summed E-state index contributed by atoms with van der Waals surface area (Å²) in [6.45, 7) is 6.60. The van der Waals surface area contributed by atoms with Gasteiger partial charge < -0.3 is 9.47 Å². The number of carbonyl (C=O) groups is 1. The van der Waals surface area contributed by atoms with Gasteiger partial charge in [-0.05, 0) is 20.3 Å². The highest BCUT2D eigenvalue weighted by molar-refractivity contribution is 5.88. The second-order valence-electron chi connectivity index (χ2n) is 4.88. The van der Waals surface area contributed by atoms with Crippen molar-refractivity contribution in [3.05, 3.63) is 12.2 Å². The third kappa shape index (κ3) is 6.83. The fourth-order valence-electron chi connectivity index (χ4n) is 1.01. The normalized spacial score (nSPS) is 13.4. The molecule has 0 atom stereocenters. The van der Waals surface area contributed by atoms with Gasteiger partial charge in [-0.25, -0.2) is 4.79 Å². The first-order valence-electron chi connectivity index (χ1n) is 5.87. The first kappa shape index (κ1) is 19.8. The van der Waals surface area contributed by atoms with Crippen LogP contribution in [0.2, 0.25) is 0 Å². The van der Waals surface area contributed by atoms with E-state index >= 15 is 0 Å². The maximum Gasteiger partial charge on any atom is 0.423 e. The molecule has 0 unspecified atom stereocenters. The maximum absolute atomic E-state index is 12.2. The van der Waals surface area contributed by atoms with Crippen LogP contribution >= 0.6 is 0 Å². The van der Waals surface area contributed by atoms with Crippen LogP contribution in [-0.4, -0.2) is 36.6 Å². The van der Waals surface area contributed by atoms with Crippen molar-refractivity contribution in [2.75, 3.05) is 6.61 Å². The number of rotatable bonds is 6. The van der Waals surface area contributed by atoms with Crippen LogP contribution < -0.4 is 0 Å². The van der Waals surface area contributed by atoms with Crippen LogP contribution in [0.15, 0.2) is 12.2 Å². The maximum atomic E-state index is 12.2. The van der Waals surface area contributed by atoms with Gasteiger partial charge >= 0.3 is 18.3 Å². The molecule has 0 aliphatic carbocycles. The molecule has 0 saturated heterocycles. The number of hydrogen-bond donors (Lipinski definition) is 0. The first-order valence-corrected chi connectivity index (χ1v) is 5.87. The van der Waals surface area contributed by atoms with Crippen molar-refractivity contribution in [1.29, 1.82) is 0 Å². The molecule has 0 fully saturated rings. The Kier molecular flexibility index (Phi) is 6.28. The van der Waals surface area contributed by atoms with Crippen molar-refractivity contribution in [3.8, 4) is 0 Å². The van der Waals surface area contributed by atoms with E-state index in [0.717, 1.165) is 0 Å². The van der Waals surface area contributed by atoms with Crippen LogP contribution in [0.5, 0.6) is 0 Å². The van der Waals surface area contributed by atoms with E-state index in [9.17, 15) is 31.1 Å². The van der Waals surface area contributed by atoms with Gasteiger partial charge in [0.2, 0.25) is 6.10 Å². The predicted octanol–water partition coefficient (Wildman–Crippen LogP) is 3.78. The number of ether oxygens (including phenoxy) is 2. The number of halogens is 6. The molecule has 21 heavy (non-hydrogen) atoms. The first-order chi connectivity index (χ1) is 9.20. The van der Waals surface area contributed by atoms with Crippen LogP contribution in [0.4, 0.5) is 26.3 Å². The monoisotopic (exact) mass is 322 g/mol. The quantitative estimate of drug-likeness (QED) is 0.424. The summed E-state index contributed by atoms with van der Waals surface area (Å²) >= 11 is 0. The van der Waals surface area contributed by atoms with Gasteiger partial charge in [0.05, 0.1) is 12.2 Å². The summed E-state index contributed by atoms with van der Waals surface area (Å²) in [6, 6.07) is 0. The molecule has 0 aromatic heterocycles. The Balaban J connectivity index is 4.69. The molecule has 0 N–H and O–H groups in total. The molecule has 0 radical (unpaired) electrons. The molecule has 0 saturated carbocycles. The van der Waals surface area contributed by atoms with Gasteiger partial charge in [-0.2, -0.15) is 26.3 Å². The predicted molar refractivity (Wildman–Crippen MR) is 61.5 cm³/mol. The molecular weight excluding hydrogens is 306 g/mol. The Morgan fingerprint density at radius 3 is 1.86 bits per heavy atom. The molecule has 0 aliphatic heterocycles. The van der Waals surface area contributed by atoms with E-state index in [2.05, 4.69) is 11.3 Å². The lowest BCUT2D eigenvalue weighted by Crippen LogP contribution is -2.45. The molecule has 0 amide bonds. The average Bonchev–Trinajstić information content (AvgIpc) is 2.24. The fourth-order valence-corrected chi connectivity index (χ4v) is 1.01. The van der Waals surface area contributed by atoms with Crippen LogP contribution in [-0.2, 0) is 14.3 Å². The number of esters is 1. The van der Waals surface area contributed by atoms with Gasteiger partial charge in [0.15, 0.2) is 0 Å².